The molecule has 0 bridgehead atoms. The average molecular weight is 316 g/mol. The molecule has 23 heavy (non-hydrogen) atoms. The van der Waals surface area contributed by atoms with Gasteiger partial charge in [0.15, 0.2) is 0 Å². The summed E-state index contributed by atoms with van der Waals surface area (Å²) in [4.78, 5) is 14.0. The normalized spacial score (nSPS) is 25.3. The molecular formula is C19H30N3O+. The van der Waals surface area contributed by atoms with Crippen LogP contribution in [0.4, 0.5) is 10.5 Å². The zero-order valence-electron chi connectivity index (χ0n) is 14.5. The van der Waals surface area contributed by atoms with Crippen molar-refractivity contribution < 1.29 is 9.69 Å². The van der Waals surface area contributed by atoms with Gasteiger partial charge in [-0.05, 0) is 50.7 Å². The van der Waals surface area contributed by atoms with E-state index in [1.165, 1.54) is 38.6 Å². The van der Waals surface area contributed by atoms with Crippen molar-refractivity contribution >= 4 is 11.7 Å². The van der Waals surface area contributed by atoms with Crippen LogP contribution in [-0.4, -0.2) is 31.2 Å². The first-order chi connectivity index (χ1) is 11.1. The molecule has 0 radical (unpaired) electrons. The Labute approximate surface area is 139 Å². The summed E-state index contributed by atoms with van der Waals surface area (Å²) < 4.78 is 0. The summed E-state index contributed by atoms with van der Waals surface area (Å²) >= 11 is 0. The molecule has 2 aliphatic rings. The average Bonchev–Trinajstić information content (AvgIpc) is 3.00. The number of rotatable bonds is 3. The number of aryl methyl sites for hydroxylation is 2. The van der Waals surface area contributed by atoms with Gasteiger partial charge >= 0.3 is 6.03 Å². The summed E-state index contributed by atoms with van der Waals surface area (Å²) in [5, 5.41) is 6.22. The topological polar surface area (TPSA) is 45.6 Å². The highest BCUT2D eigenvalue weighted by molar-refractivity contribution is 5.91. The second-order valence-corrected chi connectivity index (χ2v) is 7.30. The molecule has 3 rings (SSSR count). The molecule has 4 nitrogen and oxygen atoms in total. The Morgan fingerprint density at radius 2 is 1.78 bits per heavy atom. The predicted octanol–water partition coefficient (Wildman–Crippen LogP) is 2.41. The first kappa shape index (κ1) is 16.3. The van der Waals surface area contributed by atoms with Crippen molar-refractivity contribution in [1.29, 1.82) is 0 Å². The van der Waals surface area contributed by atoms with Crippen molar-refractivity contribution in [3.63, 3.8) is 0 Å². The lowest BCUT2D eigenvalue weighted by Gasteiger charge is -2.28. The number of para-hydroxylation sites is 1. The fourth-order valence-corrected chi connectivity index (χ4v) is 4.23. The second kappa shape index (κ2) is 7.35. The summed E-state index contributed by atoms with van der Waals surface area (Å²) in [5.74, 6) is 0. The number of hydrogen-bond acceptors (Lipinski definition) is 1. The van der Waals surface area contributed by atoms with Crippen LogP contribution in [0, 0.1) is 13.8 Å². The molecule has 1 heterocycles. The lowest BCUT2D eigenvalue weighted by atomic mass is 9.94. The van der Waals surface area contributed by atoms with Gasteiger partial charge in [-0.25, -0.2) is 4.79 Å². The van der Waals surface area contributed by atoms with Gasteiger partial charge in [0, 0.05) is 12.1 Å². The smallest absolute Gasteiger partial charge is 0.319 e. The number of quaternary nitrogens is 1. The van der Waals surface area contributed by atoms with Crippen molar-refractivity contribution in [1.82, 2.24) is 5.32 Å². The number of amides is 2. The highest BCUT2D eigenvalue weighted by Gasteiger charge is 2.33. The molecule has 2 amide bonds. The van der Waals surface area contributed by atoms with Crippen molar-refractivity contribution in [2.24, 2.45) is 0 Å². The van der Waals surface area contributed by atoms with Crippen molar-refractivity contribution in [3.05, 3.63) is 29.3 Å². The Balaban J connectivity index is 1.51. The van der Waals surface area contributed by atoms with E-state index in [-0.39, 0.29) is 6.03 Å². The highest BCUT2D eigenvalue weighted by atomic mass is 16.2. The molecule has 126 valence electrons. The molecule has 1 unspecified atom stereocenters. The molecular weight excluding hydrogens is 286 g/mol. The number of nitrogens with one attached hydrogen (secondary N) is 3. The Hall–Kier alpha value is -1.55. The maximum Gasteiger partial charge on any atom is 0.319 e. The number of benzene rings is 1. The number of anilines is 1. The Bertz CT molecular complexity index is 531. The van der Waals surface area contributed by atoms with E-state index in [9.17, 15) is 4.79 Å². The highest BCUT2D eigenvalue weighted by Crippen LogP contribution is 2.19. The summed E-state index contributed by atoms with van der Waals surface area (Å²) in [7, 11) is 0. The third-order valence-corrected chi connectivity index (χ3v) is 5.56. The minimum Gasteiger partial charge on any atom is -0.331 e. The molecule has 2 fully saturated rings. The molecule has 1 aromatic rings. The molecule has 0 aromatic heterocycles. The van der Waals surface area contributed by atoms with Crippen LogP contribution in [0.3, 0.4) is 0 Å². The molecule has 1 aromatic carbocycles. The number of urea groups is 1. The van der Waals surface area contributed by atoms with Crippen LogP contribution in [0.2, 0.25) is 0 Å². The molecule has 1 saturated heterocycles. The van der Waals surface area contributed by atoms with Crippen molar-refractivity contribution in [3.8, 4) is 0 Å². The molecule has 0 spiro atoms. The van der Waals surface area contributed by atoms with Crippen LogP contribution in [0.1, 0.15) is 49.7 Å². The molecule has 1 aliphatic heterocycles. The van der Waals surface area contributed by atoms with Gasteiger partial charge in [0.2, 0.25) is 0 Å². The van der Waals surface area contributed by atoms with E-state index < -0.39 is 0 Å². The van der Waals surface area contributed by atoms with E-state index in [0.717, 1.165) is 35.8 Å². The zero-order valence-corrected chi connectivity index (χ0v) is 14.5. The summed E-state index contributed by atoms with van der Waals surface area (Å²) in [6.45, 7) is 6.37. The minimum atomic E-state index is -0.0581. The van der Waals surface area contributed by atoms with E-state index in [1.54, 1.807) is 4.90 Å². The summed E-state index contributed by atoms with van der Waals surface area (Å²) in [6.07, 6.45) is 8.03. The fourth-order valence-electron chi connectivity index (χ4n) is 4.23. The number of likely N-dealkylation sites (tertiary alicyclic amines) is 1. The number of carbonyl (C=O) groups is 1. The standard InChI is InChI=1S/C19H29N3O/c1-14-7-6-8-15(2)18(14)21-19(23)20-16-11-12-22(13-16)17-9-4-3-5-10-17/h6-8,16-17H,3-5,9-13H2,1-2H3,(H2,20,21,23)/p+1/t16-/m1/s1. The van der Waals surface area contributed by atoms with Gasteiger partial charge in [-0.1, -0.05) is 24.6 Å². The van der Waals surface area contributed by atoms with E-state index >= 15 is 0 Å². The first-order valence-corrected chi connectivity index (χ1v) is 9.12. The van der Waals surface area contributed by atoms with Gasteiger partial charge in [0.25, 0.3) is 0 Å². The van der Waals surface area contributed by atoms with Gasteiger partial charge in [-0.2, -0.15) is 0 Å². The fraction of sp³-hybridized carbons (Fsp3) is 0.632. The maximum atomic E-state index is 12.3. The van der Waals surface area contributed by atoms with Crippen molar-refractivity contribution in [2.75, 3.05) is 18.4 Å². The molecule has 4 heteroatoms. The molecule has 1 saturated carbocycles. The third-order valence-electron chi connectivity index (χ3n) is 5.56. The van der Waals surface area contributed by atoms with E-state index in [2.05, 4.69) is 10.6 Å². The van der Waals surface area contributed by atoms with E-state index in [4.69, 9.17) is 0 Å². The quantitative estimate of drug-likeness (QED) is 0.788. The number of hydrogen-bond donors (Lipinski definition) is 3. The van der Waals surface area contributed by atoms with Gasteiger partial charge in [0.05, 0.1) is 25.2 Å². The summed E-state index contributed by atoms with van der Waals surface area (Å²) in [6, 6.07) is 7.18. The largest absolute Gasteiger partial charge is 0.331 e. The van der Waals surface area contributed by atoms with Crippen LogP contribution in [0.15, 0.2) is 18.2 Å². The molecule has 1 aliphatic carbocycles. The minimum absolute atomic E-state index is 0.0581. The summed E-state index contributed by atoms with van der Waals surface area (Å²) in [5.41, 5.74) is 3.17. The van der Waals surface area contributed by atoms with Gasteiger partial charge in [-0.3, -0.25) is 0 Å². The third kappa shape index (κ3) is 4.05. The monoisotopic (exact) mass is 316 g/mol. The SMILES string of the molecule is Cc1cccc(C)c1NC(=O)N[C@@H]1CC[NH+](C2CCCCC2)C1. The Morgan fingerprint density at radius 3 is 2.48 bits per heavy atom. The first-order valence-electron chi connectivity index (χ1n) is 9.12. The lowest BCUT2D eigenvalue weighted by Crippen LogP contribution is -3.14. The molecule has 3 N–H and O–H groups in total. The van der Waals surface area contributed by atoms with Crippen LogP contribution < -0.4 is 15.5 Å². The Morgan fingerprint density at radius 1 is 1.09 bits per heavy atom. The van der Waals surface area contributed by atoms with Crippen LogP contribution in [-0.2, 0) is 0 Å². The van der Waals surface area contributed by atoms with Crippen LogP contribution in [0.25, 0.3) is 0 Å². The second-order valence-electron chi connectivity index (χ2n) is 7.30. The van der Waals surface area contributed by atoms with Crippen LogP contribution in [0.5, 0.6) is 0 Å². The van der Waals surface area contributed by atoms with E-state index in [0.29, 0.717) is 6.04 Å². The zero-order chi connectivity index (χ0) is 16.2. The number of carbonyl (C=O) groups excluding carboxylic acids is 1. The lowest BCUT2D eigenvalue weighted by molar-refractivity contribution is -0.915. The van der Waals surface area contributed by atoms with Gasteiger partial charge in [-0.15, -0.1) is 0 Å². The van der Waals surface area contributed by atoms with Gasteiger partial charge < -0.3 is 15.5 Å². The van der Waals surface area contributed by atoms with Crippen molar-refractivity contribution in [2.45, 2.75) is 64.5 Å². The van der Waals surface area contributed by atoms with E-state index in [1.807, 2.05) is 32.0 Å². The van der Waals surface area contributed by atoms with Gasteiger partial charge in [0.1, 0.15) is 0 Å². The van der Waals surface area contributed by atoms with Crippen LogP contribution >= 0.6 is 0 Å². The Kier molecular flexibility index (Phi) is 5.21. The maximum absolute atomic E-state index is 12.3. The molecule has 2 atom stereocenters. The predicted molar refractivity (Wildman–Crippen MR) is 94.0 cm³/mol.